The van der Waals surface area contributed by atoms with Gasteiger partial charge < -0.3 is 4.74 Å². The number of rotatable bonds is 6. The summed E-state index contributed by atoms with van der Waals surface area (Å²) < 4.78 is 6.54. The van der Waals surface area contributed by atoms with Gasteiger partial charge in [-0.2, -0.15) is 0 Å². The number of carbonyl (C=O) groups excluding carboxylic acids is 1. The van der Waals surface area contributed by atoms with E-state index in [1.54, 1.807) is 22.4 Å². The van der Waals surface area contributed by atoms with Crippen LogP contribution in [0.4, 0.5) is 5.13 Å². The lowest BCUT2D eigenvalue weighted by Crippen LogP contribution is -2.39. The van der Waals surface area contributed by atoms with Crippen molar-refractivity contribution in [3.8, 4) is 0 Å². The monoisotopic (exact) mass is 461 g/mol. The molecule has 33 heavy (non-hydrogen) atoms. The fraction of sp³-hybridized carbons (Fsp3) is 0.360. The summed E-state index contributed by atoms with van der Waals surface area (Å²) in [7, 11) is 0. The van der Waals surface area contributed by atoms with E-state index in [4.69, 9.17) is 9.72 Å². The van der Waals surface area contributed by atoms with Crippen molar-refractivity contribution >= 4 is 43.6 Å². The zero-order valence-electron chi connectivity index (χ0n) is 19.0. The first-order valence-electron chi connectivity index (χ1n) is 11.3. The van der Waals surface area contributed by atoms with E-state index in [1.165, 1.54) is 5.56 Å². The van der Waals surface area contributed by atoms with Crippen molar-refractivity contribution in [1.82, 2.24) is 19.9 Å². The summed E-state index contributed by atoms with van der Waals surface area (Å²) in [6.07, 6.45) is 2.42. The van der Waals surface area contributed by atoms with Crippen LogP contribution in [-0.4, -0.2) is 65.2 Å². The van der Waals surface area contributed by atoms with E-state index < -0.39 is 0 Å². The van der Waals surface area contributed by atoms with Crippen LogP contribution in [0.2, 0.25) is 0 Å². The smallest absolute Gasteiger partial charge is 0.280 e. The molecule has 2 aromatic carbocycles. The highest BCUT2D eigenvalue weighted by Crippen LogP contribution is 2.32. The molecule has 2 aromatic heterocycles. The van der Waals surface area contributed by atoms with Gasteiger partial charge >= 0.3 is 0 Å². The molecule has 0 unspecified atom stereocenters. The standard InChI is InChI=1S/C25H27N5O2S/c1-17-8-9-22-23(18(17)2)28-25(33-22)30(11-5-10-29-12-14-32-15-13-29)24(31)21-16-26-19-6-3-4-7-20(19)27-21/h3-4,6-9,16H,5,10-15H2,1-2H3. The summed E-state index contributed by atoms with van der Waals surface area (Å²) in [5, 5.41) is 0.709. The molecule has 0 atom stereocenters. The number of ether oxygens (including phenoxy) is 1. The van der Waals surface area contributed by atoms with E-state index in [0.717, 1.165) is 60.6 Å². The van der Waals surface area contributed by atoms with Gasteiger partial charge in [0, 0.05) is 26.2 Å². The maximum absolute atomic E-state index is 13.7. The summed E-state index contributed by atoms with van der Waals surface area (Å²) in [4.78, 5) is 31.8. The number of anilines is 1. The van der Waals surface area contributed by atoms with Gasteiger partial charge in [-0.15, -0.1) is 0 Å². The highest BCUT2D eigenvalue weighted by atomic mass is 32.1. The molecule has 1 amide bonds. The maximum Gasteiger partial charge on any atom is 0.280 e. The Hall–Kier alpha value is -2.94. The van der Waals surface area contributed by atoms with Crippen molar-refractivity contribution < 1.29 is 9.53 Å². The maximum atomic E-state index is 13.7. The second-order valence-corrected chi connectivity index (χ2v) is 9.37. The molecule has 7 nitrogen and oxygen atoms in total. The molecular formula is C25H27N5O2S. The van der Waals surface area contributed by atoms with Crippen LogP contribution >= 0.6 is 11.3 Å². The van der Waals surface area contributed by atoms with Gasteiger partial charge in [0.05, 0.1) is 40.7 Å². The molecule has 1 saturated heterocycles. The number of para-hydroxylation sites is 2. The number of hydrogen-bond donors (Lipinski definition) is 0. The lowest BCUT2D eigenvalue weighted by atomic mass is 10.1. The molecule has 0 bridgehead atoms. The van der Waals surface area contributed by atoms with Crippen LogP contribution in [0.25, 0.3) is 21.3 Å². The Morgan fingerprint density at radius 3 is 2.70 bits per heavy atom. The number of amides is 1. The van der Waals surface area contributed by atoms with Gasteiger partial charge in [-0.1, -0.05) is 29.5 Å². The zero-order chi connectivity index (χ0) is 22.8. The van der Waals surface area contributed by atoms with Crippen LogP contribution in [-0.2, 0) is 4.74 Å². The lowest BCUT2D eigenvalue weighted by Gasteiger charge is -2.27. The summed E-state index contributed by atoms with van der Waals surface area (Å²) in [5.74, 6) is -0.163. The Labute approximate surface area is 197 Å². The molecule has 0 N–H and O–H groups in total. The van der Waals surface area contributed by atoms with Crippen LogP contribution in [0.5, 0.6) is 0 Å². The Morgan fingerprint density at radius 1 is 1.09 bits per heavy atom. The fourth-order valence-electron chi connectivity index (χ4n) is 4.09. The molecule has 0 radical (unpaired) electrons. The van der Waals surface area contributed by atoms with E-state index in [0.29, 0.717) is 22.9 Å². The van der Waals surface area contributed by atoms with Crippen molar-refractivity contribution in [3.63, 3.8) is 0 Å². The normalized spacial score (nSPS) is 14.7. The van der Waals surface area contributed by atoms with Gasteiger partial charge in [-0.05, 0) is 49.6 Å². The van der Waals surface area contributed by atoms with E-state index in [9.17, 15) is 4.79 Å². The van der Waals surface area contributed by atoms with Crippen molar-refractivity contribution in [1.29, 1.82) is 0 Å². The minimum Gasteiger partial charge on any atom is -0.379 e. The quantitative estimate of drug-likeness (QED) is 0.428. The van der Waals surface area contributed by atoms with Crippen LogP contribution in [0.15, 0.2) is 42.6 Å². The second kappa shape index (κ2) is 9.51. The van der Waals surface area contributed by atoms with Gasteiger partial charge in [0.25, 0.3) is 5.91 Å². The van der Waals surface area contributed by atoms with Gasteiger partial charge in [0.15, 0.2) is 5.13 Å². The fourth-order valence-corrected chi connectivity index (χ4v) is 5.14. The van der Waals surface area contributed by atoms with Crippen molar-refractivity contribution in [2.24, 2.45) is 0 Å². The van der Waals surface area contributed by atoms with Gasteiger partial charge in [-0.3, -0.25) is 19.6 Å². The Morgan fingerprint density at radius 2 is 1.88 bits per heavy atom. The van der Waals surface area contributed by atoms with Gasteiger partial charge in [0.2, 0.25) is 0 Å². The molecule has 5 rings (SSSR count). The molecular weight excluding hydrogens is 434 g/mol. The van der Waals surface area contributed by atoms with Gasteiger partial charge in [0.1, 0.15) is 5.69 Å². The predicted molar refractivity (Wildman–Crippen MR) is 132 cm³/mol. The topological polar surface area (TPSA) is 71.5 Å². The first-order valence-corrected chi connectivity index (χ1v) is 12.1. The van der Waals surface area contributed by atoms with Crippen molar-refractivity contribution in [3.05, 3.63) is 59.4 Å². The lowest BCUT2D eigenvalue weighted by molar-refractivity contribution is 0.0376. The molecule has 0 saturated carbocycles. The third kappa shape index (κ3) is 4.59. The van der Waals surface area contributed by atoms with Crippen LogP contribution in [0.3, 0.4) is 0 Å². The number of aryl methyl sites for hydroxylation is 2. The Bertz CT molecular complexity index is 1300. The van der Waals surface area contributed by atoms with Crippen molar-refractivity contribution in [2.75, 3.05) is 44.3 Å². The summed E-state index contributed by atoms with van der Waals surface area (Å²) in [6, 6.07) is 11.8. The molecule has 0 aliphatic carbocycles. The van der Waals surface area contributed by atoms with Crippen LogP contribution in [0.1, 0.15) is 28.0 Å². The third-order valence-corrected chi connectivity index (χ3v) is 7.22. The molecule has 8 heteroatoms. The van der Waals surface area contributed by atoms with Gasteiger partial charge in [-0.25, -0.2) is 9.97 Å². The molecule has 0 spiro atoms. The minimum atomic E-state index is -0.163. The average molecular weight is 462 g/mol. The number of carbonyl (C=O) groups is 1. The highest BCUT2D eigenvalue weighted by molar-refractivity contribution is 7.22. The number of benzene rings is 2. The average Bonchev–Trinajstić information content (AvgIpc) is 3.29. The number of thiazole rings is 1. The summed E-state index contributed by atoms with van der Waals surface area (Å²) in [6.45, 7) is 9.07. The third-order valence-electron chi connectivity index (χ3n) is 6.18. The first kappa shape index (κ1) is 21.9. The predicted octanol–water partition coefficient (Wildman–Crippen LogP) is 4.23. The first-order chi connectivity index (χ1) is 16.1. The van der Waals surface area contributed by atoms with Crippen LogP contribution in [0, 0.1) is 13.8 Å². The molecule has 4 aromatic rings. The molecule has 3 heterocycles. The zero-order valence-corrected chi connectivity index (χ0v) is 19.8. The number of nitrogens with zero attached hydrogens (tertiary/aromatic N) is 5. The SMILES string of the molecule is Cc1ccc2sc(N(CCCN3CCOCC3)C(=O)c3cnc4ccccc4n3)nc2c1C. The summed E-state index contributed by atoms with van der Waals surface area (Å²) >= 11 is 1.55. The van der Waals surface area contributed by atoms with E-state index >= 15 is 0 Å². The molecule has 1 aliphatic rings. The number of fused-ring (bicyclic) bond motifs is 2. The molecule has 1 aliphatic heterocycles. The number of aromatic nitrogens is 3. The largest absolute Gasteiger partial charge is 0.379 e. The Kier molecular flexibility index (Phi) is 6.30. The van der Waals surface area contributed by atoms with Crippen LogP contribution < -0.4 is 4.90 Å². The van der Waals surface area contributed by atoms with E-state index in [-0.39, 0.29) is 5.91 Å². The highest BCUT2D eigenvalue weighted by Gasteiger charge is 2.24. The Balaban J connectivity index is 1.45. The molecule has 1 fully saturated rings. The van der Waals surface area contributed by atoms with E-state index in [2.05, 4.69) is 40.8 Å². The van der Waals surface area contributed by atoms with E-state index in [1.807, 2.05) is 24.3 Å². The summed E-state index contributed by atoms with van der Waals surface area (Å²) in [5.41, 5.74) is 5.15. The molecule has 170 valence electrons. The minimum absolute atomic E-state index is 0.163. The number of hydrogen-bond acceptors (Lipinski definition) is 7. The second-order valence-electron chi connectivity index (χ2n) is 8.36. The number of morpholine rings is 1. The van der Waals surface area contributed by atoms with Crippen molar-refractivity contribution in [2.45, 2.75) is 20.3 Å².